The normalized spacial score (nSPS) is 34.6. The Kier molecular flexibility index (Phi) is 2.74. The lowest BCUT2D eigenvalue weighted by molar-refractivity contribution is -0.134. The molecule has 80 valence electrons. The lowest BCUT2D eigenvalue weighted by atomic mass is 9.85. The third-order valence-corrected chi connectivity index (χ3v) is 3.58. The van der Waals surface area contributed by atoms with Crippen molar-refractivity contribution in [2.45, 2.75) is 31.2 Å². The van der Waals surface area contributed by atoms with Crippen molar-refractivity contribution < 1.29 is 4.79 Å². The van der Waals surface area contributed by atoms with Gasteiger partial charge >= 0.3 is 0 Å². The van der Waals surface area contributed by atoms with Gasteiger partial charge in [0.25, 0.3) is 0 Å². The number of nitrogens with one attached hydrogen (secondary N) is 1. The van der Waals surface area contributed by atoms with Gasteiger partial charge in [0, 0.05) is 13.1 Å². The molecule has 3 N–H and O–H groups in total. The lowest BCUT2D eigenvalue weighted by Gasteiger charge is -2.46. The van der Waals surface area contributed by atoms with Crippen LogP contribution in [0.5, 0.6) is 0 Å². The summed E-state index contributed by atoms with van der Waals surface area (Å²) in [6.07, 6.45) is 4.07. The number of likely N-dealkylation sites (tertiary alicyclic amines) is 1. The second-order valence-electron chi connectivity index (χ2n) is 4.34. The molecular weight excluding hydrogens is 178 g/mol. The van der Waals surface area contributed by atoms with Crippen LogP contribution in [0, 0.1) is 0 Å². The number of hydrogen-bond donors (Lipinski definition) is 2. The molecule has 0 saturated carbocycles. The van der Waals surface area contributed by atoms with Crippen LogP contribution in [0.3, 0.4) is 0 Å². The number of carbonyl (C=O) groups is 1. The molecule has 1 amide bonds. The molecule has 0 aromatic rings. The molecule has 4 nitrogen and oxygen atoms in total. The van der Waals surface area contributed by atoms with Gasteiger partial charge in [0.05, 0.1) is 0 Å². The predicted octanol–water partition coefficient (Wildman–Crippen LogP) is -0.310. The number of carbonyl (C=O) groups excluding carboxylic acids is 1. The largest absolute Gasteiger partial charge is 0.368 e. The van der Waals surface area contributed by atoms with Crippen molar-refractivity contribution in [3.05, 3.63) is 0 Å². The molecule has 0 radical (unpaired) electrons. The molecule has 2 fully saturated rings. The van der Waals surface area contributed by atoms with Crippen LogP contribution < -0.4 is 11.1 Å². The first kappa shape index (κ1) is 9.93. The van der Waals surface area contributed by atoms with Gasteiger partial charge in [0.1, 0.15) is 5.54 Å². The summed E-state index contributed by atoms with van der Waals surface area (Å²) in [4.78, 5) is 13.9. The summed E-state index contributed by atoms with van der Waals surface area (Å²) in [5, 5.41) is 3.33. The number of nitrogens with two attached hydrogens (primary N) is 1. The van der Waals surface area contributed by atoms with Crippen LogP contribution in [0.25, 0.3) is 0 Å². The van der Waals surface area contributed by atoms with Crippen molar-refractivity contribution in [2.24, 2.45) is 5.73 Å². The van der Waals surface area contributed by atoms with Crippen molar-refractivity contribution in [3.63, 3.8) is 0 Å². The first-order valence-corrected chi connectivity index (χ1v) is 5.51. The second-order valence-corrected chi connectivity index (χ2v) is 4.34. The molecule has 0 aliphatic carbocycles. The van der Waals surface area contributed by atoms with E-state index in [0.717, 1.165) is 45.4 Å². The minimum absolute atomic E-state index is 0.124. The van der Waals surface area contributed by atoms with Crippen LogP contribution in [0.15, 0.2) is 0 Å². The maximum atomic E-state index is 11.6. The molecule has 0 spiro atoms. The summed E-state index contributed by atoms with van der Waals surface area (Å²) in [5.74, 6) is -0.124. The van der Waals surface area contributed by atoms with E-state index >= 15 is 0 Å². The second kappa shape index (κ2) is 3.87. The number of rotatable bonds is 2. The smallest absolute Gasteiger partial charge is 0.238 e. The standard InChI is InChI=1S/C10H19N3O/c11-9(14)10(13-7-2-8-13)3-1-5-12-6-4-10/h12H,1-8H2,(H2,11,14). The highest BCUT2D eigenvalue weighted by molar-refractivity contribution is 5.84. The molecule has 14 heavy (non-hydrogen) atoms. The zero-order chi connectivity index (χ0) is 10.0. The fraction of sp³-hybridized carbons (Fsp3) is 0.900. The lowest BCUT2D eigenvalue weighted by Crippen LogP contribution is -2.62. The van der Waals surface area contributed by atoms with Crippen molar-refractivity contribution in [2.75, 3.05) is 26.2 Å². The quantitative estimate of drug-likeness (QED) is 0.638. The molecule has 0 aromatic heterocycles. The SMILES string of the molecule is NC(=O)C1(N2CCC2)CCCNCC1. The van der Waals surface area contributed by atoms with Gasteiger partial charge in [0.2, 0.25) is 5.91 Å². The number of hydrogen-bond acceptors (Lipinski definition) is 3. The molecule has 2 aliphatic heterocycles. The summed E-state index contributed by atoms with van der Waals surface area (Å²) < 4.78 is 0. The Morgan fingerprint density at radius 1 is 1.21 bits per heavy atom. The van der Waals surface area contributed by atoms with E-state index in [1.54, 1.807) is 0 Å². The van der Waals surface area contributed by atoms with Crippen LogP contribution >= 0.6 is 0 Å². The average Bonchev–Trinajstić information content (AvgIpc) is 2.27. The van der Waals surface area contributed by atoms with E-state index in [9.17, 15) is 4.79 Å². The molecule has 2 rings (SSSR count). The first-order chi connectivity index (χ1) is 6.76. The predicted molar refractivity (Wildman–Crippen MR) is 54.8 cm³/mol. The highest BCUT2D eigenvalue weighted by Gasteiger charge is 2.44. The maximum Gasteiger partial charge on any atom is 0.238 e. The highest BCUT2D eigenvalue weighted by Crippen LogP contribution is 2.30. The Morgan fingerprint density at radius 2 is 2.00 bits per heavy atom. The van der Waals surface area contributed by atoms with Crippen molar-refractivity contribution in [3.8, 4) is 0 Å². The minimum Gasteiger partial charge on any atom is -0.368 e. The van der Waals surface area contributed by atoms with Crippen molar-refractivity contribution in [1.29, 1.82) is 0 Å². The monoisotopic (exact) mass is 197 g/mol. The van der Waals surface area contributed by atoms with Crippen LogP contribution in [0.4, 0.5) is 0 Å². The molecule has 2 heterocycles. The van der Waals surface area contributed by atoms with Gasteiger partial charge < -0.3 is 11.1 Å². The van der Waals surface area contributed by atoms with E-state index < -0.39 is 0 Å². The third-order valence-electron chi connectivity index (χ3n) is 3.58. The van der Waals surface area contributed by atoms with Crippen LogP contribution in [-0.2, 0) is 4.79 Å². The molecule has 0 bridgehead atoms. The Hall–Kier alpha value is -0.610. The molecule has 4 heteroatoms. The topological polar surface area (TPSA) is 58.4 Å². The maximum absolute atomic E-state index is 11.6. The Labute approximate surface area is 84.8 Å². The number of primary amides is 1. The number of amides is 1. The Bertz CT molecular complexity index is 217. The zero-order valence-corrected chi connectivity index (χ0v) is 8.59. The van der Waals surface area contributed by atoms with E-state index in [2.05, 4.69) is 10.2 Å². The molecule has 2 saturated heterocycles. The molecular formula is C10H19N3O. The van der Waals surface area contributed by atoms with E-state index in [1.165, 1.54) is 6.42 Å². The Morgan fingerprint density at radius 3 is 2.57 bits per heavy atom. The summed E-state index contributed by atoms with van der Waals surface area (Å²) >= 11 is 0. The van der Waals surface area contributed by atoms with Gasteiger partial charge in [-0.25, -0.2) is 0 Å². The summed E-state index contributed by atoms with van der Waals surface area (Å²) in [5.41, 5.74) is 5.24. The number of nitrogens with zero attached hydrogens (tertiary/aromatic N) is 1. The molecule has 1 unspecified atom stereocenters. The molecule has 1 atom stereocenters. The molecule has 0 aromatic carbocycles. The summed E-state index contributed by atoms with van der Waals surface area (Å²) in [6.45, 7) is 4.02. The van der Waals surface area contributed by atoms with Crippen LogP contribution in [-0.4, -0.2) is 42.5 Å². The van der Waals surface area contributed by atoms with Gasteiger partial charge in [-0.3, -0.25) is 9.69 Å². The Balaban J connectivity index is 2.13. The van der Waals surface area contributed by atoms with E-state index in [1.807, 2.05) is 0 Å². The van der Waals surface area contributed by atoms with Gasteiger partial charge in [-0.2, -0.15) is 0 Å². The van der Waals surface area contributed by atoms with Crippen LogP contribution in [0.2, 0.25) is 0 Å². The fourth-order valence-corrected chi connectivity index (χ4v) is 2.51. The zero-order valence-electron chi connectivity index (χ0n) is 8.59. The van der Waals surface area contributed by atoms with Crippen LogP contribution in [0.1, 0.15) is 25.7 Å². The van der Waals surface area contributed by atoms with Gasteiger partial charge in [-0.1, -0.05) is 0 Å². The highest BCUT2D eigenvalue weighted by atomic mass is 16.1. The van der Waals surface area contributed by atoms with Gasteiger partial charge in [-0.05, 0) is 38.8 Å². The van der Waals surface area contributed by atoms with Crippen molar-refractivity contribution in [1.82, 2.24) is 10.2 Å². The minimum atomic E-state index is -0.332. The average molecular weight is 197 g/mol. The molecule has 2 aliphatic rings. The van der Waals surface area contributed by atoms with E-state index in [0.29, 0.717) is 0 Å². The van der Waals surface area contributed by atoms with Gasteiger partial charge in [0.15, 0.2) is 0 Å². The summed E-state index contributed by atoms with van der Waals surface area (Å²) in [6, 6.07) is 0. The first-order valence-electron chi connectivity index (χ1n) is 5.51. The van der Waals surface area contributed by atoms with Gasteiger partial charge in [-0.15, -0.1) is 0 Å². The van der Waals surface area contributed by atoms with Crippen molar-refractivity contribution >= 4 is 5.91 Å². The van der Waals surface area contributed by atoms with E-state index in [4.69, 9.17) is 5.73 Å². The summed E-state index contributed by atoms with van der Waals surface area (Å²) in [7, 11) is 0. The van der Waals surface area contributed by atoms with E-state index in [-0.39, 0.29) is 11.4 Å². The fourth-order valence-electron chi connectivity index (χ4n) is 2.51. The third kappa shape index (κ3) is 1.53.